The average Bonchev–Trinajstić information content (AvgIpc) is 3.34. The van der Waals surface area contributed by atoms with E-state index in [2.05, 4.69) is 44.5 Å². The Balaban J connectivity index is 1.59. The Bertz CT molecular complexity index is 951. The van der Waals surface area contributed by atoms with E-state index >= 15 is 0 Å². The minimum Gasteiger partial charge on any atom is -0.384 e. The number of hydrogen-bond donors (Lipinski definition) is 2. The lowest BCUT2D eigenvalue weighted by atomic mass is 10.1. The van der Waals surface area contributed by atoms with Gasteiger partial charge in [-0.25, -0.2) is 9.97 Å². The monoisotopic (exact) mass is 335 g/mol. The highest BCUT2D eigenvalue weighted by atomic mass is 32.2. The van der Waals surface area contributed by atoms with Gasteiger partial charge in [0.1, 0.15) is 11.8 Å². The zero-order valence-electron chi connectivity index (χ0n) is 13.1. The molecular formula is C18H17N5S. The van der Waals surface area contributed by atoms with E-state index in [1.54, 1.807) is 0 Å². The molecule has 1 fully saturated rings. The smallest absolute Gasteiger partial charge is 0.165 e. The molecule has 1 saturated heterocycles. The van der Waals surface area contributed by atoms with Gasteiger partial charge in [0, 0.05) is 35.2 Å². The summed E-state index contributed by atoms with van der Waals surface area (Å²) in [6.45, 7) is 1.95. The molecule has 2 N–H and O–H groups in total. The number of benzene rings is 1. The average molecular weight is 335 g/mol. The van der Waals surface area contributed by atoms with Crippen molar-refractivity contribution in [1.82, 2.24) is 19.9 Å². The molecule has 120 valence electrons. The topological polar surface area (TPSA) is 54.8 Å². The molecule has 2 aliphatic rings. The number of nitrogens with one attached hydrogen (secondary N) is 2. The van der Waals surface area contributed by atoms with Gasteiger partial charge in [-0.3, -0.25) is 4.57 Å². The van der Waals surface area contributed by atoms with Crippen LogP contribution in [0.3, 0.4) is 0 Å². The van der Waals surface area contributed by atoms with Crippen molar-refractivity contribution in [2.24, 2.45) is 0 Å². The number of thioether (sulfide) groups is 1. The van der Waals surface area contributed by atoms with Gasteiger partial charge in [0.15, 0.2) is 5.65 Å². The predicted octanol–water partition coefficient (Wildman–Crippen LogP) is 3.02. The Labute approximate surface area is 144 Å². The van der Waals surface area contributed by atoms with Crippen LogP contribution in [-0.4, -0.2) is 33.5 Å². The summed E-state index contributed by atoms with van der Waals surface area (Å²) in [6, 6.07) is 10.6. The highest BCUT2D eigenvalue weighted by Gasteiger charge is 2.13. The molecule has 0 unspecified atom stereocenters. The lowest BCUT2D eigenvalue weighted by molar-refractivity contribution is 0.916. The van der Waals surface area contributed by atoms with Crippen LogP contribution in [-0.2, 0) is 6.42 Å². The fraction of sp³-hybridized carbons (Fsp3) is 0.222. The summed E-state index contributed by atoms with van der Waals surface area (Å²) in [7, 11) is 0. The number of anilines is 1. The molecule has 1 aromatic carbocycles. The first-order valence-corrected chi connectivity index (χ1v) is 9.11. The van der Waals surface area contributed by atoms with Crippen LogP contribution in [0.4, 0.5) is 5.69 Å². The van der Waals surface area contributed by atoms with Crippen LogP contribution in [0.5, 0.6) is 0 Å². The molecule has 0 bridgehead atoms. The molecule has 6 heteroatoms. The molecule has 0 spiro atoms. The molecule has 24 heavy (non-hydrogen) atoms. The molecule has 4 heterocycles. The van der Waals surface area contributed by atoms with Crippen molar-refractivity contribution < 1.29 is 0 Å². The molecule has 0 saturated carbocycles. The second kappa shape index (κ2) is 5.65. The van der Waals surface area contributed by atoms with Gasteiger partial charge in [0.25, 0.3) is 0 Å². The number of hydrogen-bond acceptors (Lipinski definition) is 5. The number of nitrogens with zero attached hydrogens (tertiary/aromatic N) is 3. The molecular weight excluding hydrogens is 318 g/mol. The fourth-order valence-corrected chi connectivity index (χ4v) is 4.04. The standard InChI is InChI=1S/C18H17N5S/c1-3-17-18(22-13(1)8-15-9-19-11-24-15)23(10-21-17)14-2-4-16-12(7-14)5-6-20-16/h1-4,7-8,10,19-20H,5-6,9,11H2. The third kappa shape index (κ3) is 2.39. The quantitative estimate of drug-likeness (QED) is 0.754. The first-order valence-electron chi connectivity index (χ1n) is 8.12. The maximum Gasteiger partial charge on any atom is 0.165 e. The van der Waals surface area contributed by atoms with E-state index in [4.69, 9.17) is 4.98 Å². The molecule has 2 aromatic heterocycles. The first kappa shape index (κ1) is 14.1. The second-order valence-corrected chi connectivity index (χ2v) is 7.14. The van der Waals surface area contributed by atoms with E-state index in [1.807, 2.05) is 30.2 Å². The van der Waals surface area contributed by atoms with Crippen molar-refractivity contribution in [3.63, 3.8) is 0 Å². The van der Waals surface area contributed by atoms with E-state index in [1.165, 1.54) is 16.2 Å². The van der Waals surface area contributed by atoms with Gasteiger partial charge < -0.3 is 10.6 Å². The van der Waals surface area contributed by atoms with E-state index in [9.17, 15) is 0 Å². The third-order valence-corrected chi connectivity index (χ3v) is 5.44. The Morgan fingerprint density at radius 3 is 3.12 bits per heavy atom. The highest BCUT2D eigenvalue weighted by Crippen LogP contribution is 2.27. The van der Waals surface area contributed by atoms with Gasteiger partial charge in [-0.2, -0.15) is 0 Å². The number of imidazole rings is 1. The van der Waals surface area contributed by atoms with Gasteiger partial charge in [-0.05, 0) is 48.4 Å². The largest absolute Gasteiger partial charge is 0.384 e. The van der Waals surface area contributed by atoms with Crippen LogP contribution < -0.4 is 10.6 Å². The molecule has 0 aliphatic carbocycles. The number of rotatable bonds is 2. The Morgan fingerprint density at radius 2 is 2.21 bits per heavy atom. The van der Waals surface area contributed by atoms with Gasteiger partial charge >= 0.3 is 0 Å². The van der Waals surface area contributed by atoms with Gasteiger partial charge in [0.2, 0.25) is 0 Å². The lowest BCUT2D eigenvalue weighted by Gasteiger charge is -2.07. The van der Waals surface area contributed by atoms with Crippen molar-refractivity contribution in [2.75, 3.05) is 24.3 Å². The van der Waals surface area contributed by atoms with Crippen LogP contribution in [0.25, 0.3) is 22.9 Å². The summed E-state index contributed by atoms with van der Waals surface area (Å²) in [5, 5.41) is 6.73. The van der Waals surface area contributed by atoms with Crippen LogP contribution in [0.15, 0.2) is 41.6 Å². The minimum atomic E-state index is 0.909. The molecule has 0 radical (unpaired) electrons. The normalized spacial score (nSPS) is 18.2. The zero-order chi connectivity index (χ0) is 15.9. The third-order valence-electron chi connectivity index (χ3n) is 4.46. The fourth-order valence-electron chi connectivity index (χ4n) is 3.25. The zero-order valence-corrected chi connectivity index (χ0v) is 13.9. The molecule has 0 amide bonds. The summed E-state index contributed by atoms with van der Waals surface area (Å²) in [5.74, 6) is 0.981. The summed E-state index contributed by atoms with van der Waals surface area (Å²) in [4.78, 5) is 10.7. The maximum atomic E-state index is 4.84. The summed E-state index contributed by atoms with van der Waals surface area (Å²) < 4.78 is 2.08. The van der Waals surface area contributed by atoms with Crippen molar-refractivity contribution in [1.29, 1.82) is 0 Å². The predicted molar refractivity (Wildman–Crippen MR) is 99.5 cm³/mol. The second-order valence-electron chi connectivity index (χ2n) is 6.04. The molecule has 3 aromatic rings. The van der Waals surface area contributed by atoms with Gasteiger partial charge in [0.05, 0.1) is 5.69 Å². The summed E-state index contributed by atoms with van der Waals surface area (Å²) in [5.41, 5.74) is 6.54. The van der Waals surface area contributed by atoms with Crippen molar-refractivity contribution in [3.8, 4) is 5.69 Å². The van der Waals surface area contributed by atoms with Gasteiger partial charge in [-0.15, -0.1) is 11.8 Å². The van der Waals surface area contributed by atoms with Crippen LogP contribution >= 0.6 is 11.8 Å². The molecule has 2 aliphatic heterocycles. The number of aromatic nitrogens is 3. The highest BCUT2D eigenvalue weighted by molar-refractivity contribution is 8.03. The van der Waals surface area contributed by atoms with Crippen LogP contribution in [0, 0.1) is 0 Å². The summed E-state index contributed by atoms with van der Waals surface area (Å²) >= 11 is 1.84. The maximum absolute atomic E-state index is 4.84. The Kier molecular flexibility index (Phi) is 3.31. The van der Waals surface area contributed by atoms with E-state index in [0.717, 1.165) is 47.9 Å². The van der Waals surface area contributed by atoms with Crippen LogP contribution in [0.1, 0.15) is 11.3 Å². The Hall–Kier alpha value is -2.31. The van der Waals surface area contributed by atoms with E-state index < -0.39 is 0 Å². The number of pyridine rings is 1. The first-order chi connectivity index (χ1) is 11.9. The molecule has 5 nitrogen and oxygen atoms in total. The number of fused-ring (bicyclic) bond motifs is 2. The Morgan fingerprint density at radius 1 is 1.21 bits per heavy atom. The van der Waals surface area contributed by atoms with Gasteiger partial charge in [-0.1, -0.05) is 0 Å². The van der Waals surface area contributed by atoms with E-state index in [-0.39, 0.29) is 0 Å². The molecule has 5 rings (SSSR count). The lowest BCUT2D eigenvalue weighted by Crippen LogP contribution is -2.04. The van der Waals surface area contributed by atoms with E-state index in [0.29, 0.717) is 0 Å². The SMILES string of the molecule is C(=C1CNCS1)c1ccc2ncn(-c3ccc4c(c3)CCN4)c2n1. The molecule has 0 atom stereocenters. The van der Waals surface area contributed by atoms with Crippen LogP contribution in [0.2, 0.25) is 0 Å². The summed E-state index contributed by atoms with van der Waals surface area (Å²) in [6.07, 6.45) is 5.10. The van der Waals surface area contributed by atoms with Crippen molar-refractivity contribution in [3.05, 3.63) is 52.8 Å². The minimum absolute atomic E-state index is 0.909. The van der Waals surface area contributed by atoms with Crippen molar-refractivity contribution >= 4 is 34.7 Å². The van der Waals surface area contributed by atoms with Crippen molar-refractivity contribution in [2.45, 2.75) is 6.42 Å².